The van der Waals surface area contributed by atoms with Crippen LogP contribution in [-0.2, 0) is 15.7 Å². The number of carboxylic acid groups (broad SMARTS) is 1. The molecule has 10 heteroatoms. The van der Waals surface area contributed by atoms with Crippen LogP contribution in [0.2, 0.25) is 0 Å². The molecule has 0 spiro atoms. The number of aliphatic carboxylic acids is 1. The van der Waals surface area contributed by atoms with Crippen LogP contribution in [0.3, 0.4) is 0 Å². The molecule has 2 aromatic rings. The second-order valence-corrected chi connectivity index (χ2v) is 7.49. The number of carboxylic acids is 1. The lowest BCUT2D eigenvalue weighted by Gasteiger charge is -2.36. The molecule has 2 aliphatic rings. The van der Waals surface area contributed by atoms with E-state index in [9.17, 15) is 18.0 Å². The molecule has 0 bridgehead atoms. The zero-order chi connectivity index (χ0) is 22.7. The lowest BCUT2D eigenvalue weighted by atomic mass is 10.1. The fourth-order valence-electron chi connectivity index (χ4n) is 3.68. The van der Waals surface area contributed by atoms with E-state index in [-0.39, 0.29) is 6.61 Å². The van der Waals surface area contributed by atoms with Crippen LogP contribution in [0.4, 0.5) is 18.9 Å². The van der Waals surface area contributed by atoms with Crippen molar-refractivity contribution in [2.24, 2.45) is 4.99 Å². The van der Waals surface area contributed by atoms with Crippen LogP contribution in [-0.4, -0.2) is 72.6 Å². The Labute approximate surface area is 182 Å². The second kappa shape index (κ2) is 9.17. The zero-order valence-electron chi connectivity index (χ0n) is 17.1. The predicted molar refractivity (Wildman–Crippen MR) is 111 cm³/mol. The van der Waals surface area contributed by atoms with Crippen LogP contribution in [0, 0.1) is 0 Å². The molecule has 0 atom stereocenters. The highest BCUT2D eigenvalue weighted by Gasteiger charge is 2.33. The van der Waals surface area contributed by atoms with Gasteiger partial charge in [0.15, 0.2) is 5.75 Å². The van der Waals surface area contributed by atoms with E-state index in [4.69, 9.17) is 14.6 Å². The molecule has 0 radical (unpaired) electrons. The summed E-state index contributed by atoms with van der Waals surface area (Å²) in [6.45, 7) is 2.93. The number of piperazine rings is 1. The van der Waals surface area contributed by atoms with E-state index >= 15 is 0 Å². The Kier molecular flexibility index (Phi) is 6.33. The number of fused-ring (bicyclic) bond motifs is 2. The Morgan fingerprint density at radius 1 is 1.09 bits per heavy atom. The highest BCUT2D eigenvalue weighted by Crippen LogP contribution is 2.40. The van der Waals surface area contributed by atoms with E-state index in [2.05, 4.69) is 9.89 Å². The van der Waals surface area contributed by atoms with Crippen molar-refractivity contribution in [3.63, 3.8) is 0 Å². The summed E-state index contributed by atoms with van der Waals surface area (Å²) < 4.78 is 51.2. The van der Waals surface area contributed by atoms with Crippen LogP contribution in [0.1, 0.15) is 11.1 Å². The van der Waals surface area contributed by atoms with Crippen molar-refractivity contribution in [3.05, 3.63) is 53.6 Å². The third-order valence-electron chi connectivity index (χ3n) is 5.31. The SMILES string of the molecule is O=C(O)COCCN1CCN(C2=Nc3ccccc3Oc3ccc(C(F)(F)F)cc32)CC1. The van der Waals surface area contributed by atoms with Crippen molar-refractivity contribution >= 4 is 17.5 Å². The summed E-state index contributed by atoms with van der Waals surface area (Å²) >= 11 is 0. The fourth-order valence-corrected chi connectivity index (χ4v) is 3.68. The number of halogens is 3. The summed E-state index contributed by atoms with van der Waals surface area (Å²) in [6.07, 6.45) is -4.48. The van der Waals surface area contributed by atoms with Gasteiger partial charge in [-0.2, -0.15) is 13.2 Å². The van der Waals surface area contributed by atoms with E-state index < -0.39 is 17.7 Å². The molecule has 0 aliphatic carbocycles. The molecular formula is C22H22F3N3O4. The third-order valence-corrected chi connectivity index (χ3v) is 5.31. The van der Waals surface area contributed by atoms with Crippen LogP contribution < -0.4 is 4.74 Å². The molecule has 2 heterocycles. The molecule has 4 rings (SSSR count). The molecule has 0 amide bonds. The quantitative estimate of drug-likeness (QED) is 0.703. The number of alkyl halides is 3. The van der Waals surface area contributed by atoms with Crippen LogP contribution in [0.5, 0.6) is 11.5 Å². The monoisotopic (exact) mass is 449 g/mol. The van der Waals surface area contributed by atoms with E-state index in [0.29, 0.717) is 67.9 Å². The first-order valence-corrected chi connectivity index (χ1v) is 10.2. The molecule has 32 heavy (non-hydrogen) atoms. The van der Waals surface area contributed by atoms with Crippen molar-refractivity contribution < 1.29 is 32.5 Å². The number of aliphatic imine (C=N–C) groups is 1. The van der Waals surface area contributed by atoms with Gasteiger partial charge < -0.3 is 19.5 Å². The maximum atomic E-state index is 13.4. The summed E-state index contributed by atoms with van der Waals surface area (Å²) in [5, 5.41) is 8.63. The number of rotatable bonds is 5. The van der Waals surface area contributed by atoms with Crippen molar-refractivity contribution in [3.8, 4) is 11.5 Å². The summed E-state index contributed by atoms with van der Waals surface area (Å²) in [5.74, 6) is 0.238. The topological polar surface area (TPSA) is 74.6 Å². The Balaban J connectivity index is 1.56. The molecular weight excluding hydrogens is 427 g/mol. The van der Waals surface area contributed by atoms with Crippen molar-refractivity contribution in [1.29, 1.82) is 0 Å². The molecule has 2 aromatic carbocycles. The van der Waals surface area contributed by atoms with Gasteiger partial charge in [-0.3, -0.25) is 4.90 Å². The second-order valence-electron chi connectivity index (χ2n) is 7.49. The molecule has 0 saturated carbocycles. The number of nitrogens with zero attached hydrogens (tertiary/aromatic N) is 3. The highest BCUT2D eigenvalue weighted by molar-refractivity contribution is 6.04. The fraction of sp³-hybridized carbons (Fsp3) is 0.364. The molecule has 1 saturated heterocycles. The number of hydrogen-bond donors (Lipinski definition) is 1. The minimum atomic E-state index is -4.48. The number of para-hydroxylation sites is 2. The minimum absolute atomic E-state index is 0.298. The summed E-state index contributed by atoms with van der Waals surface area (Å²) in [7, 11) is 0. The van der Waals surface area contributed by atoms with Gasteiger partial charge in [0.2, 0.25) is 0 Å². The van der Waals surface area contributed by atoms with E-state index in [1.807, 2.05) is 4.90 Å². The normalized spacial score (nSPS) is 16.5. The largest absolute Gasteiger partial charge is 0.480 e. The smallest absolute Gasteiger partial charge is 0.416 e. The summed E-state index contributed by atoms with van der Waals surface area (Å²) in [6, 6.07) is 10.5. The van der Waals surface area contributed by atoms with Gasteiger partial charge in [0.25, 0.3) is 0 Å². The van der Waals surface area contributed by atoms with E-state index in [1.54, 1.807) is 24.3 Å². The Hall–Kier alpha value is -3.11. The van der Waals surface area contributed by atoms with Gasteiger partial charge in [-0.05, 0) is 30.3 Å². The lowest BCUT2D eigenvalue weighted by Crippen LogP contribution is -2.49. The lowest BCUT2D eigenvalue weighted by molar-refractivity contribution is -0.142. The van der Waals surface area contributed by atoms with Crippen molar-refractivity contribution in [2.75, 3.05) is 45.9 Å². The molecule has 0 aromatic heterocycles. The maximum Gasteiger partial charge on any atom is 0.416 e. The Morgan fingerprint density at radius 2 is 1.84 bits per heavy atom. The number of carbonyl (C=O) groups is 1. The maximum absolute atomic E-state index is 13.4. The summed E-state index contributed by atoms with van der Waals surface area (Å²) in [4.78, 5) is 19.3. The number of ether oxygens (including phenoxy) is 2. The van der Waals surface area contributed by atoms with Gasteiger partial charge in [0, 0.05) is 32.7 Å². The molecule has 7 nitrogen and oxygen atoms in total. The standard InChI is InChI=1S/C22H22F3N3O4/c23-22(24,25)15-5-6-18-16(13-15)21(26-17-3-1-2-4-19(17)32-18)28-9-7-27(8-10-28)11-12-31-14-20(29)30/h1-6,13H,7-12,14H2,(H,29,30). The first-order chi connectivity index (χ1) is 15.3. The Morgan fingerprint density at radius 3 is 2.56 bits per heavy atom. The van der Waals surface area contributed by atoms with Gasteiger partial charge in [0.1, 0.15) is 23.9 Å². The van der Waals surface area contributed by atoms with Gasteiger partial charge in [-0.1, -0.05) is 12.1 Å². The summed E-state index contributed by atoms with van der Waals surface area (Å²) in [5.41, 5.74) is 0.0961. The molecule has 2 aliphatic heterocycles. The number of benzene rings is 2. The molecule has 170 valence electrons. The highest BCUT2D eigenvalue weighted by atomic mass is 19.4. The first-order valence-electron chi connectivity index (χ1n) is 10.2. The minimum Gasteiger partial charge on any atom is -0.480 e. The van der Waals surface area contributed by atoms with Crippen molar-refractivity contribution in [2.45, 2.75) is 6.18 Å². The number of hydrogen-bond acceptors (Lipinski definition) is 6. The van der Waals surface area contributed by atoms with Gasteiger partial charge in [-0.25, -0.2) is 9.79 Å². The number of amidine groups is 1. The van der Waals surface area contributed by atoms with Crippen molar-refractivity contribution in [1.82, 2.24) is 9.80 Å². The van der Waals surface area contributed by atoms with Gasteiger partial charge in [-0.15, -0.1) is 0 Å². The molecule has 1 N–H and O–H groups in total. The third kappa shape index (κ3) is 5.03. The van der Waals surface area contributed by atoms with Crippen LogP contribution in [0.15, 0.2) is 47.5 Å². The molecule has 0 unspecified atom stereocenters. The van der Waals surface area contributed by atoms with Gasteiger partial charge >= 0.3 is 12.1 Å². The van der Waals surface area contributed by atoms with Crippen LogP contribution >= 0.6 is 0 Å². The van der Waals surface area contributed by atoms with Gasteiger partial charge in [0.05, 0.1) is 17.7 Å². The van der Waals surface area contributed by atoms with Crippen LogP contribution in [0.25, 0.3) is 0 Å². The van der Waals surface area contributed by atoms with E-state index in [0.717, 1.165) is 12.1 Å². The Bertz CT molecular complexity index is 1020. The molecule has 1 fully saturated rings. The average Bonchev–Trinajstić information content (AvgIpc) is 2.92. The predicted octanol–water partition coefficient (Wildman–Crippen LogP) is 3.61. The zero-order valence-corrected chi connectivity index (χ0v) is 17.1. The average molecular weight is 449 g/mol. The van der Waals surface area contributed by atoms with E-state index in [1.165, 1.54) is 6.07 Å². The first kappa shape index (κ1) is 22.1.